The first kappa shape index (κ1) is 14.8. The van der Waals surface area contributed by atoms with Gasteiger partial charge >= 0.3 is 0 Å². The Bertz CT molecular complexity index is 469. The molecule has 1 atom stereocenters. The Morgan fingerprint density at radius 3 is 2.76 bits per heavy atom. The number of rotatable bonds is 3. The van der Waals surface area contributed by atoms with Crippen LogP contribution >= 0.6 is 0 Å². The first-order valence-electron chi connectivity index (χ1n) is 7.95. The van der Waals surface area contributed by atoms with Gasteiger partial charge in [0.05, 0.1) is 18.8 Å². The van der Waals surface area contributed by atoms with Crippen LogP contribution in [-0.2, 0) is 6.42 Å². The monoisotopic (exact) mass is 291 g/mol. The number of para-hydroxylation sites is 1. The van der Waals surface area contributed by atoms with Gasteiger partial charge in [-0.2, -0.15) is 0 Å². The molecule has 0 saturated carbocycles. The number of aliphatic hydroxyl groups excluding tert-OH is 1. The molecule has 2 N–H and O–H groups in total. The van der Waals surface area contributed by atoms with Gasteiger partial charge in [-0.3, -0.25) is 0 Å². The molecule has 0 aromatic heterocycles. The number of nitrogens with zero attached hydrogens (tertiary/aromatic N) is 1. The largest absolute Gasteiger partial charge is 0.493 e. The lowest BCUT2D eigenvalue weighted by molar-refractivity contribution is -0.0613. The maximum atomic E-state index is 10.1. The van der Waals surface area contributed by atoms with E-state index in [4.69, 9.17) is 4.74 Å². The Balaban J connectivity index is 1.57. The molecular formula is C17H25NO3. The van der Waals surface area contributed by atoms with Crippen molar-refractivity contribution < 1.29 is 14.9 Å². The van der Waals surface area contributed by atoms with Gasteiger partial charge in [0.15, 0.2) is 0 Å². The molecule has 3 rings (SSSR count). The summed E-state index contributed by atoms with van der Waals surface area (Å²) in [6.45, 7) is 3.47. The number of aliphatic hydroxyl groups is 2. The predicted molar refractivity (Wildman–Crippen MR) is 81.5 cm³/mol. The van der Waals surface area contributed by atoms with Crippen molar-refractivity contribution in [2.24, 2.45) is 5.92 Å². The second-order valence-corrected chi connectivity index (χ2v) is 6.50. The summed E-state index contributed by atoms with van der Waals surface area (Å²) in [6.07, 6.45) is 3.49. The third kappa shape index (κ3) is 3.57. The van der Waals surface area contributed by atoms with E-state index in [2.05, 4.69) is 23.1 Å². The summed E-state index contributed by atoms with van der Waals surface area (Å²) in [6, 6.07) is 8.32. The molecule has 1 fully saturated rings. The number of piperidine rings is 1. The van der Waals surface area contributed by atoms with Gasteiger partial charge in [0.25, 0.3) is 0 Å². The minimum atomic E-state index is -0.852. The smallest absolute Gasteiger partial charge is 0.122 e. The van der Waals surface area contributed by atoms with E-state index in [1.54, 1.807) is 0 Å². The van der Waals surface area contributed by atoms with Crippen LogP contribution in [0.5, 0.6) is 5.75 Å². The van der Waals surface area contributed by atoms with E-state index in [0.717, 1.165) is 44.8 Å². The van der Waals surface area contributed by atoms with E-state index < -0.39 is 5.60 Å². The predicted octanol–water partition coefficient (Wildman–Crippen LogP) is 1.45. The summed E-state index contributed by atoms with van der Waals surface area (Å²) >= 11 is 0. The van der Waals surface area contributed by atoms with Gasteiger partial charge in [-0.1, -0.05) is 18.2 Å². The van der Waals surface area contributed by atoms with E-state index in [-0.39, 0.29) is 6.61 Å². The van der Waals surface area contributed by atoms with Crippen LogP contribution in [-0.4, -0.2) is 53.6 Å². The zero-order valence-electron chi connectivity index (χ0n) is 12.5. The highest BCUT2D eigenvalue weighted by atomic mass is 16.5. The molecule has 4 nitrogen and oxygen atoms in total. The molecule has 2 heterocycles. The van der Waals surface area contributed by atoms with E-state index in [0.29, 0.717) is 18.8 Å². The van der Waals surface area contributed by atoms with Gasteiger partial charge < -0.3 is 19.8 Å². The fraction of sp³-hybridized carbons (Fsp3) is 0.647. The van der Waals surface area contributed by atoms with Crippen LogP contribution in [0, 0.1) is 5.92 Å². The number of hydrogen-bond acceptors (Lipinski definition) is 4. The van der Waals surface area contributed by atoms with Gasteiger partial charge in [-0.25, -0.2) is 0 Å². The van der Waals surface area contributed by atoms with Crippen molar-refractivity contribution in [2.75, 3.05) is 32.8 Å². The van der Waals surface area contributed by atoms with Crippen LogP contribution in [0.3, 0.4) is 0 Å². The zero-order valence-corrected chi connectivity index (χ0v) is 12.5. The Labute approximate surface area is 126 Å². The molecule has 0 spiro atoms. The fourth-order valence-corrected chi connectivity index (χ4v) is 3.39. The maximum Gasteiger partial charge on any atom is 0.122 e. The van der Waals surface area contributed by atoms with Crippen LogP contribution in [0.25, 0.3) is 0 Å². The number of fused-ring (bicyclic) bond motifs is 1. The third-order valence-electron chi connectivity index (χ3n) is 4.86. The van der Waals surface area contributed by atoms with Gasteiger partial charge in [0.2, 0.25) is 0 Å². The van der Waals surface area contributed by atoms with Gasteiger partial charge in [-0.15, -0.1) is 0 Å². The van der Waals surface area contributed by atoms with Crippen LogP contribution in [0.2, 0.25) is 0 Å². The molecule has 0 bridgehead atoms. The topological polar surface area (TPSA) is 52.9 Å². The molecule has 0 radical (unpaired) electrons. The highest BCUT2D eigenvalue weighted by molar-refractivity contribution is 5.34. The lowest BCUT2D eigenvalue weighted by Crippen LogP contribution is -2.47. The SMILES string of the molecule is OCC1(O)CCN(CC2CCOc3ccccc3C2)CC1. The molecule has 1 unspecified atom stereocenters. The maximum absolute atomic E-state index is 10.1. The Morgan fingerprint density at radius 1 is 1.24 bits per heavy atom. The summed E-state index contributed by atoms with van der Waals surface area (Å²) in [7, 11) is 0. The number of ether oxygens (including phenoxy) is 1. The van der Waals surface area contributed by atoms with Crippen molar-refractivity contribution in [1.82, 2.24) is 4.90 Å². The molecule has 0 amide bonds. The van der Waals surface area contributed by atoms with Gasteiger partial charge in [-0.05, 0) is 43.2 Å². The second-order valence-electron chi connectivity index (χ2n) is 6.50. The molecule has 2 aliphatic rings. The first-order chi connectivity index (χ1) is 10.2. The molecule has 2 aliphatic heterocycles. The van der Waals surface area contributed by atoms with Gasteiger partial charge in [0, 0.05) is 19.6 Å². The van der Waals surface area contributed by atoms with Crippen molar-refractivity contribution in [1.29, 1.82) is 0 Å². The molecule has 1 saturated heterocycles. The fourth-order valence-electron chi connectivity index (χ4n) is 3.39. The van der Waals surface area contributed by atoms with Crippen LogP contribution < -0.4 is 4.74 Å². The highest BCUT2D eigenvalue weighted by Crippen LogP contribution is 2.28. The van der Waals surface area contributed by atoms with Crippen molar-refractivity contribution in [3.63, 3.8) is 0 Å². The lowest BCUT2D eigenvalue weighted by atomic mass is 9.90. The van der Waals surface area contributed by atoms with E-state index in [1.807, 2.05) is 6.07 Å². The summed E-state index contributed by atoms with van der Waals surface area (Å²) in [5.74, 6) is 1.64. The third-order valence-corrected chi connectivity index (χ3v) is 4.86. The average molecular weight is 291 g/mol. The average Bonchev–Trinajstić information content (AvgIpc) is 2.71. The number of benzene rings is 1. The molecular weight excluding hydrogens is 266 g/mol. The summed E-state index contributed by atoms with van der Waals surface area (Å²) < 4.78 is 5.83. The second kappa shape index (κ2) is 6.34. The van der Waals surface area contributed by atoms with Crippen molar-refractivity contribution >= 4 is 0 Å². The Morgan fingerprint density at radius 2 is 2.00 bits per heavy atom. The summed E-state index contributed by atoms with van der Waals surface area (Å²) in [5, 5.41) is 19.3. The van der Waals surface area contributed by atoms with Gasteiger partial charge in [0.1, 0.15) is 5.75 Å². The standard InChI is InChI=1S/C17H25NO3/c19-13-17(20)6-8-18(9-7-17)12-14-5-10-21-16-4-2-1-3-15(16)11-14/h1-4,14,19-20H,5-13H2. The quantitative estimate of drug-likeness (QED) is 0.885. The van der Waals surface area contributed by atoms with Crippen molar-refractivity contribution in [3.8, 4) is 5.75 Å². The zero-order chi connectivity index (χ0) is 14.7. The van der Waals surface area contributed by atoms with Crippen molar-refractivity contribution in [2.45, 2.75) is 31.3 Å². The van der Waals surface area contributed by atoms with Crippen molar-refractivity contribution in [3.05, 3.63) is 29.8 Å². The highest BCUT2D eigenvalue weighted by Gasteiger charge is 2.32. The molecule has 116 valence electrons. The number of hydrogen-bond donors (Lipinski definition) is 2. The number of likely N-dealkylation sites (tertiary alicyclic amines) is 1. The molecule has 1 aromatic rings. The molecule has 1 aromatic carbocycles. The van der Waals surface area contributed by atoms with E-state index >= 15 is 0 Å². The van der Waals surface area contributed by atoms with Crippen LogP contribution in [0.15, 0.2) is 24.3 Å². The first-order valence-corrected chi connectivity index (χ1v) is 7.95. The summed E-state index contributed by atoms with van der Waals surface area (Å²) in [4.78, 5) is 2.42. The van der Waals surface area contributed by atoms with E-state index in [9.17, 15) is 10.2 Å². The summed E-state index contributed by atoms with van der Waals surface area (Å²) in [5.41, 5.74) is 0.458. The Kier molecular flexibility index (Phi) is 4.48. The molecule has 21 heavy (non-hydrogen) atoms. The van der Waals surface area contributed by atoms with Crippen LogP contribution in [0.1, 0.15) is 24.8 Å². The molecule has 0 aliphatic carbocycles. The lowest BCUT2D eigenvalue weighted by Gasteiger charge is -2.38. The Hall–Kier alpha value is -1.10. The van der Waals surface area contributed by atoms with Crippen LogP contribution in [0.4, 0.5) is 0 Å². The minimum absolute atomic E-state index is 0.120. The minimum Gasteiger partial charge on any atom is -0.493 e. The molecule has 4 heteroatoms. The van der Waals surface area contributed by atoms with E-state index in [1.165, 1.54) is 5.56 Å². The normalized spacial score (nSPS) is 25.7.